The predicted molar refractivity (Wildman–Crippen MR) is 79.0 cm³/mol. The molecule has 0 N–H and O–H groups in total. The number of esters is 1. The lowest BCUT2D eigenvalue weighted by Gasteiger charge is -2.07. The molecular weight excluding hydrogens is 359 g/mol. The number of halogens is 5. The Labute approximate surface area is 143 Å². The van der Waals surface area contributed by atoms with Crippen LogP contribution in [0.15, 0.2) is 42.9 Å². The summed E-state index contributed by atoms with van der Waals surface area (Å²) in [5.41, 5.74) is 0.537. The third-order valence-corrected chi connectivity index (χ3v) is 3.41. The van der Waals surface area contributed by atoms with Crippen molar-refractivity contribution in [3.8, 4) is 5.75 Å². The van der Waals surface area contributed by atoms with Gasteiger partial charge in [-0.05, 0) is 5.56 Å². The SMILES string of the molecule is O=C(Oc1c(F)c(F)c(F)c(F)c1F)c1cn(Cc2ccccc2)cn1. The van der Waals surface area contributed by atoms with Gasteiger partial charge in [-0.15, -0.1) is 0 Å². The first-order chi connectivity index (χ1) is 12.4. The van der Waals surface area contributed by atoms with E-state index in [1.807, 2.05) is 30.3 Å². The minimum atomic E-state index is -2.34. The Bertz CT molecular complexity index is 944. The minimum absolute atomic E-state index is 0.351. The third-order valence-electron chi connectivity index (χ3n) is 3.41. The van der Waals surface area contributed by atoms with Crippen LogP contribution in [0.1, 0.15) is 16.1 Å². The zero-order chi connectivity index (χ0) is 18.8. The van der Waals surface area contributed by atoms with Gasteiger partial charge in [0.15, 0.2) is 5.69 Å². The Morgan fingerprint density at radius 1 is 0.923 bits per heavy atom. The summed E-state index contributed by atoms with van der Waals surface area (Å²) in [7, 11) is 0. The number of aromatic nitrogens is 2. The Morgan fingerprint density at radius 3 is 2.12 bits per heavy atom. The van der Waals surface area contributed by atoms with Crippen LogP contribution in [0.2, 0.25) is 0 Å². The first-order valence-corrected chi connectivity index (χ1v) is 7.17. The molecule has 2 aromatic carbocycles. The van der Waals surface area contributed by atoms with E-state index in [0.29, 0.717) is 6.54 Å². The minimum Gasteiger partial charge on any atom is -0.415 e. The fraction of sp³-hybridized carbons (Fsp3) is 0.0588. The van der Waals surface area contributed by atoms with E-state index in [9.17, 15) is 26.7 Å². The van der Waals surface area contributed by atoms with E-state index in [1.54, 1.807) is 0 Å². The van der Waals surface area contributed by atoms with Gasteiger partial charge in [0.2, 0.25) is 34.8 Å². The lowest BCUT2D eigenvalue weighted by Crippen LogP contribution is -2.14. The molecule has 0 saturated carbocycles. The van der Waals surface area contributed by atoms with Crippen LogP contribution in [0.3, 0.4) is 0 Å². The van der Waals surface area contributed by atoms with Crippen LogP contribution in [0.5, 0.6) is 5.75 Å². The van der Waals surface area contributed by atoms with Crippen LogP contribution in [0, 0.1) is 29.1 Å². The largest absolute Gasteiger partial charge is 0.415 e. The monoisotopic (exact) mass is 368 g/mol. The Kier molecular flexibility index (Phi) is 4.70. The second-order valence-corrected chi connectivity index (χ2v) is 5.21. The molecule has 0 aliphatic heterocycles. The maximum Gasteiger partial charge on any atom is 0.364 e. The number of ether oxygens (including phenoxy) is 1. The number of hydrogen-bond donors (Lipinski definition) is 0. The van der Waals surface area contributed by atoms with E-state index in [2.05, 4.69) is 9.72 Å². The number of rotatable bonds is 4. The summed E-state index contributed by atoms with van der Waals surface area (Å²) < 4.78 is 72.2. The quantitative estimate of drug-likeness (QED) is 0.231. The summed E-state index contributed by atoms with van der Waals surface area (Å²) >= 11 is 0. The molecule has 0 saturated heterocycles. The Hall–Kier alpha value is -3.23. The van der Waals surface area contributed by atoms with E-state index < -0.39 is 40.8 Å². The van der Waals surface area contributed by atoms with Crippen molar-refractivity contribution in [3.05, 3.63) is 83.2 Å². The van der Waals surface area contributed by atoms with Gasteiger partial charge in [-0.2, -0.15) is 8.78 Å². The van der Waals surface area contributed by atoms with Crippen molar-refractivity contribution in [1.29, 1.82) is 0 Å². The normalized spacial score (nSPS) is 10.8. The molecule has 0 radical (unpaired) electrons. The summed E-state index contributed by atoms with van der Waals surface area (Å²) in [6, 6.07) is 9.10. The molecule has 1 heterocycles. The van der Waals surface area contributed by atoms with Gasteiger partial charge in [-0.1, -0.05) is 30.3 Å². The highest BCUT2D eigenvalue weighted by Gasteiger charge is 2.29. The third kappa shape index (κ3) is 3.28. The van der Waals surface area contributed by atoms with Crippen LogP contribution < -0.4 is 4.74 Å². The van der Waals surface area contributed by atoms with E-state index in [1.165, 1.54) is 17.1 Å². The molecule has 0 amide bonds. The summed E-state index contributed by atoms with van der Waals surface area (Å²) in [6.07, 6.45) is 2.49. The molecule has 4 nitrogen and oxygen atoms in total. The lowest BCUT2D eigenvalue weighted by atomic mass is 10.2. The molecule has 0 aliphatic carbocycles. The predicted octanol–water partition coefficient (Wildman–Crippen LogP) is 3.85. The second kappa shape index (κ2) is 6.95. The fourth-order valence-corrected chi connectivity index (χ4v) is 2.17. The highest BCUT2D eigenvalue weighted by Crippen LogP contribution is 2.29. The number of nitrogens with zero attached hydrogens (tertiary/aromatic N) is 2. The van der Waals surface area contributed by atoms with Gasteiger partial charge in [-0.3, -0.25) is 0 Å². The number of carbonyl (C=O) groups excluding carboxylic acids is 1. The molecule has 0 aliphatic rings. The first-order valence-electron chi connectivity index (χ1n) is 7.17. The molecule has 0 bridgehead atoms. The van der Waals surface area contributed by atoms with Gasteiger partial charge < -0.3 is 9.30 Å². The number of benzene rings is 2. The van der Waals surface area contributed by atoms with E-state index in [-0.39, 0.29) is 5.69 Å². The molecule has 3 rings (SSSR count). The average Bonchev–Trinajstić information content (AvgIpc) is 3.11. The summed E-state index contributed by atoms with van der Waals surface area (Å²) in [6.45, 7) is 0.351. The van der Waals surface area contributed by atoms with Crippen molar-refractivity contribution >= 4 is 5.97 Å². The van der Waals surface area contributed by atoms with Gasteiger partial charge in [0.1, 0.15) is 0 Å². The molecule has 1 aromatic heterocycles. The van der Waals surface area contributed by atoms with Crippen LogP contribution in [0.4, 0.5) is 22.0 Å². The zero-order valence-corrected chi connectivity index (χ0v) is 12.8. The molecule has 0 spiro atoms. The molecule has 0 unspecified atom stereocenters. The molecular formula is C17H9F5N2O2. The van der Waals surface area contributed by atoms with Crippen molar-refractivity contribution in [1.82, 2.24) is 9.55 Å². The number of hydrogen-bond acceptors (Lipinski definition) is 3. The summed E-state index contributed by atoms with van der Waals surface area (Å²) in [5.74, 6) is -14.3. The van der Waals surface area contributed by atoms with Gasteiger partial charge >= 0.3 is 5.97 Å². The van der Waals surface area contributed by atoms with Gasteiger partial charge in [0.05, 0.1) is 6.33 Å². The Balaban J connectivity index is 1.82. The topological polar surface area (TPSA) is 44.1 Å². The zero-order valence-electron chi connectivity index (χ0n) is 12.8. The molecule has 134 valence electrons. The van der Waals surface area contributed by atoms with Crippen LogP contribution in [0.25, 0.3) is 0 Å². The molecule has 26 heavy (non-hydrogen) atoms. The maximum atomic E-state index is 13.5. The Morgan fingerprint density at radius 2 is 1.50 bits per heavy atom. The van der Waals surface area contributed by atoms with Crippen LogP contribution in [-0.4, -0.2) is 15.5 Å². The summed E-state index contributed by atoms with van der Waals surface area (Å²) in [4.78, 5) is 15.6. The lowest BCUT2D eigenvalue weighted by molar-refractivity contribution is 0.0710. The van der Waals surface area contributed by atoms with Gasteiger partial charge in [0.25, 0.3) is 0 Å². The van der Waals surface area contributed by atoms with E-state index in [4.69, 9.17) is 0 Å². The molecule has 0 fully saturated rings. The maximum absolute atomic E-state index is 13.5. The smallest absolute Gasteiger partial charge is 0.364 e. The van der Waals surface area contributed by atoms with E-state index >= 15 is 0 Å². The number of imidazole rings is 1. The van der Waals surface area contributed by atoms with Crippen molar-refractivity contribution < 1.29 is 31.5 Å². The van der Waals surface area contributed by atoms with Crippen LogP contribution in [-0.2, 0) is 6.54 Å². The molecule has 3 aromatic rings. The highest BCUT2D eigenvalue weighted by atomic mass is 19.2. The van der Waals surface area contributed by atoms with Gasteiger partial charge in [-0.25, -0.2) is 22.9 Å². The average molecular weight is 368 g/mol. The van der Waals surface area contributed by atoms with Crippen molar-refractivity contribution in [2.45, 2.75) is 6.54 Å². The molecule has 0 atom stereocenters. The summed E-state index contributed by atoms with van der Waals surface area (Å²) in [5, 5.41) is 0. The number of carbonyl (C=O) groups is 1. The van der Waals surface area contributed by atoms with Crippen molar-refractivity contribution in [2.24, 2.45) is 0 Å². The van der Waals surface area contributed by atoms with Crippen molar-refractivity contribution in [3.63, 3.8) is 0 Å². The first kappa shape index (κ1) is 17.6. The van der Waals surface area contributed by atoms with Gasteiger partial charge in [0, 0.05) is 12.7 Å². The van der Waals surface area contributed by atoms with Crippen LogP contribution >= 0.6 is 0 Å². The standard InChI is InChI=1S/C17H9F5N2O2/c18-11-12(19)14(21)16(15(22)13(11)20)26-17(25)10-7-24(8-23-10)6-9-4-2-1-3-5-9/h1-5,7-8H,6H2. The molecule has 9 heteroatoms. The second-order valence-electron chi connectivity index (χ2n) is 5.21. The fourth-order valence-electron chi connectivity index (χ4n) is 2.17. The van der Waals surface area contributed by atoms with E-state index in [0.717, 1.165) is 5.56 Å². The van der Waals surface area contributed by atoms with Crippen molar-refractivity contribution in [2.75, 3.05) is 0 Å². The highest BCUT2D eigenvalue weighted by molar-refractivity contribution is 5.88.